The lowest BCUT2D eigenvalue weighted by Crippen LogP contribution is -2.34. The van der Waals surface area contributed by atoms with Crippen LogP contribution >= 0.6 is 15.9 Å². The van der Waals surface area contributed by atoms with Gasteiger partial charge in [0.15, 0.2) is 0 Å². The zero-order chi connectivity index (χ0) is 12.3. The lowest BCUT2D eigenvalue weighted by Gasteiger charge is -2.26. The van der Waals surface area contributed by atoms with Gasteiger partial charge >= 0.3 is 0 Å². The molecular formula is C13H17BrFNO. The van der Waals surface area contributed by atoms with Crippen molar-refractivity contribution in [3.8, 4) is 0 Å². The first kappa shape index (κ1) is 13.0. The van der Waals surface area contributed by atoms with E-state index in [1.807, 2.05) is 0 Å². The highest BCUT2D eigenvalue weighted by atomic mass is 79.9. The maximum Gasteiger partial charge on any atom is 0.123 e. The van der Waals surface area contributed by atoms with Crippen molar-refractivity contribution in [2.45, 2.75) is 44.4 Å². The van der Waals surface area contributed by atoms with E-state index in [-0.39, 0.29) is 11.9 Å². The van der Waals surface area contributed by atoms with E-state index in [1.54, 1.807) is 12.1 Å². The summed E-state index contributed by atoms with van der Waals surface area (Å²) >= 11 is 3.42. The zero-order valence-corrected chi connectivity index (χ0v) is 11.2. The van der Waals surface area contributed by atoms with Gasteiger partial charge in [0, 0.05) is 17.1 Å². The first-order valence-electron chi connectivity index (χ1n) is 6.00. The minimum atomic E-state index is -0.205. The quantitative estimate of drug-likeness (QED) is 0.899. The molecule has 0 atom stereocenters. The van der Waals surface area contributed by atoms with Gasteiger partial charge in [0.1, 0.15) is 5.82 Å². The standard InChI is InChI=1S/C13H17BrFNO/c14-13-6-1-10(15)7-9(13)8-16-11-2-4-12(17)5-3-11/h1,6-7,11-12,16-17H,2-5,8H2. The molecule has 2 rings (SSSR count). The fourth-order valence-electron chi connectivity index (χ4n) is 2.21. The summed E-state index contributed by atoms with van der Waals surface area (Å²) in [4.78, 5) is 0. The number of benzene rings is 1. The topological polar surface area (TPSA) is 32.3 Å². The number of hydrogen-bond donors (Lipinski definition) is 2. The molecule has 0 aromatic heterocycles. The molecule has 1 aromatic carbocycles. The Hall–Kier alpha value is -0.450. The zero-order valence-electron chi connectivity index (χ0n) is 9.63. The Morgan fingerprint density at radius 3 is 2.71 bits per heavy atom. The number of halogens is 2. The summed E-state index contributed by atoms with van der Waals surface area (Å²) in [6, 6.07) is 5.17. The number of aliphatic hydroxyl groups is 1. The van der Waals surface area contributed by atoms with Crippen LogP contribution in [0.2, 0.25) is 0 Å². The molecule has 0 spiro atoms. The lowest BCUT2D eigenvalue weighted by molar-refractivity contribution is 0.116. The second-order valence-corrected chi connectivity index (χ2v) is 5.48. The molecule has 1 fully saturated rings. The first-order valence-corrected chi connectivity index (χ1v) is 6.80. The van der Waals surface area contributed by atoms with Gasteiger partial charge in [0.25, 0.3) is 0 Å². The highest BCUT2D eigenvalue weighted by Crippen LogP contribution is 2.21. The summed E-state index contributed by atoms with van der Waals surface area (Å²) in [6.07, 6.45) is 3.58. The van der Waals surface area contributed by atoms with E-state index >= 15 is 0 Å². The van der Waals surface area contributed by atoms with Crippen molar-refractivity contribution in [3.63, 3.8) is 0 Å². The van der Waals surface area contributed by atoms with Gasteiger partial charge in [0.05, 0.1) is 6.10 Å². The van der Waals surface area contributed by atoms with Gasteiger partial charge in [-0.25, -0.2) is 4.39 Å². The molecule has 4 heteroatoms. The van der Waals surface area contributed by atoms with E-state index < -0.39 is 0 Å². The van der Waals surface area contributed by atoms with Gasteiger partial charge in [-0.1, -0.05) is 15.9 Å². The number of aliphatic hydroxyl groups excluding tert-OH is 1. The van der Waals surface area contributed by atoms with Gasteiger partial charge in [-0.05, 0) is 49.4 Å². The average molecular weight is 302 g/mol. The third-order valence-corrected chi connectivity index (χ3v) is 4.06. The summed E-state index contributed by atoms with van der Waals surface area (Å²) in [5.41, 5.74) is 0.941. The molecule has 0 aliphatic heterocycles. The molecule has 0 radical (unpaired) electrons. The molecule has 1 saturated carbocycles. The Kier molecular flexibility index (Phi) is 4.54. The lowest BCUT2D eigenvalue weighted by atomic mass is 9.93. The van der Waals surface area contributed by atoms with Crippen LogP contribution in [0, 0.1) is 5.82 Å². The monoisotopic (exact) mass is 301 g/mol. The summed E-state index contributed by atoms with van der Waals surface area (Å²) in [5.74, 6) is -0.205. The SMILES string of the molecule is OC1CCC(NCc2cc(F)ccc2Br)CC1. The van der Waals surface area contributed by atoms with Crippen LogP contribution in [0.3, 0.4) is 0 Å². The second-order valence-electron chi connectivity index (χ2n) is 4.62. The van der Waals surface area contributed by atoms with Crippen molar-refractivity contribution in [3.05, 3.63) is 34.1 Å². The van der Waals surface area contributed by atoms with E-state index in [0.717, 1.165) is 35.7 Å². The molecule has 17 heavy (non-hydrogen) atoms. The second kappa shape index (κ2) is 5.94. The normalized spacial score (nSPS) is 24.9. The molecule has 0 unspecified atom stereocenters. The summed E-state index contributed by atoms with van der Waals surface area (Å²) in [7, 11) is 0. The van der Waals surface area contributed by atoms with Crippen LogP contribution < -0.4 is 5.32 Å². The first-order chi connectivity index (χ1) is 8.15. The Labute approximate surface area is 109 Å². The van der Waals surface area contributed by atoms with Crippen molar-refractivity contribution in [2.75, 3.05) is 0 Å². The molecule has 1 aliphatic carbocycles. The van der Waals surface area contributed by atoms with Crippen LogP contribution in [-0.2, 0) is 6.54 Å². The van der Waals surface area contributed by atoms with Crippen molar-refractivity contribution in [1.82, 2.24) is 5.32 Å². The van der Waals surface area contributed by atoms with Gasteiger partial charge in [-0.2, -0.15) is 0 Å². The fourth-order valence-corrected chi connectivity index (χ4v) is 2.60. The molecule has 2 N–H and O–H groups in total. The number of nitrogens with one attached hydrogen (secondary N) is 1. The molecule has 1 aromatic rings. The molecule has 0 heterocycles. The Bertz CT molecular complexity index is 378. The van der Waals surface area contributed by atoms with Crippen molar-refractivity contribution >= 4 is 15.9 Å². The summed E-state index contributed by atoms with van der Waals surface area (Å²) < 4.78 is 14.0. The molecule has 94 valence electrons. The van der Waals surface area contributed by atoms with Crippen LogP contribution in [0.15, 0.2) is 22.7 Å². The van der Waals surface area contributed by atoms with Gasteiger partial charge < -0.3 is 10.4 Å². The summed E-state index contributed by atoms with van der Waals surface area (Å²) in [6.45, 7) is 0.666. The minimum absolute atomic E-state index is 0.131. The molecule has 0 amide bonds. The van der Waals surface area contributed by atoms with Gasteiger partial charge in [0.2, 0.25) is 0 Å². The van der Waals surface area contributed by atoms with E-state index in [2.05, 4.69) is 21.2 Å². The predicted octanol–water partition coefficient (Wildman–Crippen LogP) is 2.98. The Morgan fingerprint density at radius 1 is 1.29 bits per heavy atom. The van der Waals surface area contributed by atoms with Crippen LogP contribution in [0.25, 0.3) is 0 Å². The van der Waals surface area contributed by atoms with E-state index in [1.165, 1.54) is 6.07 Å². The van der Waals surface area contributed by atoms with Crippen LogP contribution in [0.5, 0.6) is 0 Å². The van der Waals surface area contributed by atoms with Crippen LogP contribution in [0.4, 0.5) is 4.39 Å². The highest BCUT2D eigenvalue weighted by molar-refractivity contribution is 9.10. The van der Waals surface area contributed by atoms with Gasteiger partial charge in [-0.15, -0.1) is 0 Å². The molecule has 0 saturated heterocycles. The van der Waals surface area contributed by atoms with E-state index in [9.17, 15) is 9.50 Å². The summed E-state index contributed by atoms with van der Waals surface area (Å²) in [5, 5.41) is 12.8. The Balaban J connectivity index is 1.87. The van der Waals surface area contributed by atoms with E-state index in [0.29, 0.717) is 12.6 Å². The maximum atomic E-state index is 13.1. The van der Waals surface area contributed by atoms with Crippen LogP contribution in [0.1, 0.15) is 31.2 Å². The van der Waals surface area contributed by atoms with Crippen molar-refractivity contribution in [2.24, 2.45) is 0 Å². The smallest absolute Gasteiger partial charge is 0.123 e. The van der Waals surface area contributed by atoms with Crippen LogP contribution in [-0.4, -0.2) is 17.3 Å². The third kappa shape index (κ3) is 3.76. The highest BCUT2D eigenvalue weighted by Gasteiger charge is 2.18. The molecule has 1 aliphatic rings. The fraction of sp³-hybridized carbons (Fsp3) is 0.538. The largest absolute Gasteiger partial charge is 0.393 e. The maximum absolute atomic E-state index is 13.1. The average Bonchev–Trinajstić information content (AvgIpc) is 2.32. The van der Waals surface area contributed by atoms with E-state index in [4.69, 9.17) is 0 Å². The third-order valence-electron chi connectivity index (χ3n) is 3.29. The number of hydrogen-bond acceptors (Lipinski definition) is 2. The van der Waals surface area contributed by atoms with Gasteiger partial charge in [-0.3, -0.25) is 0 Å². The Morgan fingerprint density at radius 2 is 2.00 bits per heavy atom. The molecular weight excluding hydrogens is 285 g/mol. The minimum Gasteiger partial charge on any atom is -0.393 e. The number of rotatable bonds is 3. The van der Waals surface area contributed by atoms with Crippen molar-refractivity contribution < 1.29 is 9.50 Å². The molecule has 0 bridgehead atoms. The van der Waals surface area contributed by atoms with Crippen molar-refractivity contribution in [1.29, 1.82) is 0 Å². The predicted molar refractivity (Wildman–Crippen MR) is 69.2 cm³/mol. The molecule has 2 nitrogen and oxygen atoms in total.